The van der Waals surface area contributed by atoms with Crippen LogP contribution in [0.15, 0.2) is 60.9 Å². The van der Waals surface area contributed by atoms with E-state index in [1.54, 1.807) is 13.3 Å². The number of aryl methyl sites for hydroxylation is 1. The monoisotopic (exact) mass is 465 g/mol. The molecule has 0 saturated carbocycles. The summed E-state index contributed by atoms with van der Waals surface area (Å²) in [5.41, 5.74) is 1.56. The first-order valence-electron chi connectivity index (χ1n) is 11.9. The maximum Gasteiger partial charge on any atom is 0.161 e. The minimum Gasteiger partial charge on any atom is -0.493 e. The lowest BCUT2D eigenvalue weighted by Gasteiger charge is -2.27. The number of nitrogens with zero attached hydrogens (tertiary/aromatic N) is 3. The van der Waals surface area contributed by atoms with Gasteiger partial charge in [-0.2, -0.15) is 5.10 Å². The lowest BCUT2D eigenvalue weighted by atomic mass is 9.96. The highest BCUT2D eigenvalue weighted by atomic mass is 16.5. The third-order valence-electron chi connectivity index (χ3n) is 6.31. The molecule has 2 heterocycles. The zero-order chi connectivity index (χ0) is 23.8. The summed E-state index contributed by atoms with van der Waals surface area (Å²) in [7, 11) is 1.67. The van der Waals surface area contributed by atoms with Crippen LogP contribution in [0.3, 0.4) is 0 Å². The summed E-state index contributed by atoms with van der Waals surface area (Å²) in [4.78, 5) is 2.39. The average Bonchev–Trinajstić information content (AvgIpc) is 3.29. The molecule has 1 aromatic heterocycles. The lowest BCUT2D eigenvalue weighted by Crippen LogP contribution is -2.37. The van der Waals surface area contributed by atoms with Gasteiger partial charge in [-0.15, -0.1) is 0 Å². The van der Waals surface area contributed by atoms with Crippen LogP contribution in [0.25, 0.3) is 0 Å². The highest BCUT2D eigenvalue weighted by molar-refractivity contribution is 5.43. The summed E-state index contributed by atoms with van der Waals surface area (Å²) >= 11 is 0. The normalized spacial score (nSPS) is 18.9. The van der Waals surface area contributed by atoms with Crippen molar-refractivity contribution < 1.29 is 19.3 Å². The molecule has 2 aromatic carbocycles. The van der Waals surface area contributed by atoms with Gasteiger partial charge >= 0.3 is 0 Å². The Morgan fingerprint density at radius 1 is 1.03 bits per heavy atom. The van der Waals surface area contributed by atoms with Gasteiger partial charge in [-0.25, -0.2) is 0 Å². The van der Waals surface area contributed by atoms with Crippen molar-refractivity contribution in [1.29, 1.82) is 0 Å². The fraction of sp³-hybridized carbons (Fsp3) is 0.444. The minimum absolute atomic E-state index is 0.322. The molecule has 4 rings (SSSR count). The van der Waals surface area contributed by atoms with Gasteiger partial charge in [0, 0.05) is 25.5 Å². The number of methoxy groups -OCH3 is 1. The fourth-order valence-corrected chi connectivity index (χ4v) is 4.26. The third-order valence-corrected chi connectivity index (χ3v) is 6.31. The first kappa shape index (κ1) is 24.1. The van der Waals surface area contributed by atoms with Gasteiger partial charge in [0.25, 0.3) is 0 Å². The molecule has 0 unspecified atom stereocenters. The summed E-state index contributed by atoms with van der Waals surface area (Å²) in [5, 5.41) is 15.3. The van der Waals surface area contributed by atoms with Crippen molar-refractivity contribution >= 4 is 0 Å². The summed E-state index contributed by atoms with van der Waals surface area (Å²) in [6.07, 6.45) is 6.03. The van der Waals surface area contributed by atoms with Gasteiger partial charge in [0.05, 0.1) is 19.3 Å². The zero-order valence-corrected chi connectivity index (χ0v) is 20.2. The summed E-state index contributed by atoms with van der Waals surface area (Å²) in [6, 6.07) is 16.0. The van der Waals surface area contributed by atoms with E-state index in [9.17, 15) is 5.11 Å². The molecule has 34 heavy (non-hydrogen) atoms. The highest BCUT2D eigenvalue weighted by Gasteiger charge is 2.31. The van der Waals surface area contributed by atoms with E-state index in [2.05, 4.69) is 23.0 Å². The molecule has 0 amide bonds. The molecule has 3 aromatic rings. The van der Waals surface area contributed by atoms with Crippen LogP contribution >= 0.6 is 0 Å². The van der Waals surface area contributed by atoms with Crippen molar-refractivity contribution in [2.45, 2.75) is 44.9 Å². The minimum atomic E-state index is -0.802. The number of aliphatic hydroxyl groups is 1. The molecule has 0 bridgehead atoms. The number of likely N-dealkylation sites (tertiary alicyclic amines) is 1. The summed E-state index contributed by atoms with van der Waals surface area (Å²) in [6.45, 7) is 6.14. The SMILES string of the molecule is COc1cc(CN2CCC[C@@](O)(COc3ccc(C)cc3)CC2)ccc1OCCn1cccn1. The fourth-order valence-electron chi connectivity index (χ4n) is 4.26. The van der Waals surface area contributed by atoms with E-state index in [1.807, 2.05) is 53.3 Å². The van der Waals surface area contributed by atoms with Gasteiger partial charge in [-0.3, -0.25) is 9.58 Å². The van der Waals surface area contributed by atoms with Crippen LogP contribution in [0, 0.1) is 6.92 Å². The molecule has 1 aliphatic rings. The molecule has 1 aliphatic heterocycles. The number of hydrogen-bond acceptors (Lipinski definition) is 6. The Balaban J connectivity index is 1.28. The number of aromatic nitrogens is 2. The van der Waals surface area contributed by atoms with Crippen molar-refractivity contribution in [2.24, 2.45) is 0 Å². The first-order chi connectivity index (χ1) is 16.5. The Morgan fingerprint density at radius 2 is 1.88 bits per heavy atom. The van der Waals surface area contributed by atoms with E-state index in [4.69, 9.17) is 14.2 Å². The quantitative estimate of drug-likeness (QED) is 0.487. The van der Waals surface area contributed by atoms with Gasteiger partial charge in [0.1, 0.15) is 19.0 Å². The predicted molar refractivity (Wildman–Crippen MR) is 131 cm³/mol. The molecule has 7 nitrogen and oxygen atoms in total. The van der Waals surface area contributed by atoms with Crippen molar-refractivity contribution in [3.63, 3.8) is 0 Å². The van der Waals surface area contributed by atoms with Gasteiger partial charge in [0.15, 0.2) is 11.5 Å². The second kappa shape index (κ2) is 11.4. The van der Waals surface area contributed by atoms with Gasteiger partial charge in [0.2, 0.25) is 0 Å². The lowest BCUT2D eigenvalue weighted by molar-refractivity contribution is -0.0168. The molecule has 1 saturated heterocycles. The number of hydrogen-bond donors (Lipinski definition) is 1. The molecular formula is C27H35N3O4. The van der Waals surface area contributed by atoms with Crippen LogP contribution in [0.4, 0.5) is 0 Å². The highest BCUT2D eigenvalue weighted by Crippen LogP contribution is 2.30. The number of benzene rings is 2. The Hall–Kier alpha value is -3.03. The van der Waals surface area contributed by atoms with E-state index in [0.29, 0.717) is 26.2 Å². The van der Waals surface area contributed by atoms with Crippen molar-refractivity contribution in [3.05, 3.63) is 72.1 Å². The second-order valence-electron chi connectivity index (χ2n) is 9.06. The van der Waals surface area contributed by atoms with E-state index in [0.717, 1.165) is 55.3 Å². The van der Waals surface area contributed by atoms with Crippen LogP contribution in [-0.4, -0.2) is 58.8 Å². The zero-order valence-electron chi connectivity index (χ0n) is 20.2. The van der Waals surface area contributed by atoms with Crippen molar-refractivity contribution in [1.82, 2.24) is 14.7 Å². The summed E-state index contributed by atoms with van der Waals surface area (Å²) < 4.78 is 19.2. The Bertz CT molecular complexity index is 1020. The smallest absolute Gasteiger partial charge is 0.161 e. The van der Waals surface area contributed by atoms with E-state index in [-0.39, 0.29) is 0 Å². The average molecular weight is 466 g/mol. The largest absolute Gasteiger partial charge is 0.493 e. The van der Waals surface area contributed by atoms with Gasteiger partial charge in [-0.05, 0) is 68.6 Å². The van der Waals surface area contributed by atoms with Crippen molar-refractivity contribution in [2.75, 3.05) is 33.4 Å². The molecule has 7 heteroatoms. The third kappa shape index (κ3) is 6.74. The second-order valence-corrected chi connectivity index (χ2v) is 9.06. The number of ether oxygens (including phenoxy) is 3. The van der Waals surface area contributed by atoms with Crippen molar-refractivity contribution in [3.8, 4) is 17.2 Å². The Morgan fingerprint density at radius 3 is 2.65 bits per heavy atom. The topological polar surface area (TPSA) is 69.0 Å². The first-order valence-corrected chi connectivity index (χ1v) is 11.9. The maximum atomic E-state index is 11.1. The molecule has 0 aliphatic carbocycles. The number of rotatable bonds is 10. The molecular weight excluding hydrogens is 430 g/mol. The van der Waals surface area contributed by atoms with Crippen LogP contribution in [-0.2, 0) is 13.1 Å². The van der Waals surface area contributed by atoms with Crippen LogP contribution in [0.5, 0.6) is 17.2 Å². The maximum absolute atomic E-state index is 11.1. The molecule has 1 N–H and O–H groups in total. The molecule has 1 fully saturated rings. The standard InChI is InChI=1S/C27H35N3O4/c1-22-5-8-24(9-6-22)34-21-27(31)11-3-14-29(16-12-27)20-23-7-10-25(26(19-23)32-2)33-18-17-30-15-4-13-28-30/h4-10,13,15,19,31H,3,11-12,14,16-18,20-21H2,1-2H3/t27-/m0/s1. The van der Waals surface area contributed by atoms with Gasteiger partial charge < -0.3 is 19.3 Å². The van der Waals surface area contributed by atoms with E-state index in [1.165, 1.54) is 5.56 Å². The van der Waals surface area contributed by atoms with Gasteiger partial charge in [-0.1, -0.05) is 23.8 Å². The van der Waals surface area contributed by atoms with E-state index >= 15 is 0 Å². The molecule has 1 atom stereocenters. The Labute approximate surface area is 201 Å². The van der Waals surface area contributed by atoms with Crippen LogP contribution < -0.4 is 14.2 Å². The van der Waals surface area contributed by atoms with Crippen LogP contribution in [0.1, 0.15) is 30.4 Å². The summed E-state index contributed by atoms with van der Waals surface area (Å²) in [5.74, 6) is 2.27. The predicted octanol–water partition coefficient (Wildman–Crippen LogP) is 4.08. The molecule has 182 valence electrons. The van der Waals surface area contributed by atoms with E-state index < -0.39 is 5.60 Å². The molecule has 0 radical (unpaired) electrons. The van der Waals surface area contributed by atoms with Crippen LogP contribution in [0.2, 0.25) is 0 Å². The Kier molecular flexibility index (Phi) is 8.08. The molecule has 0 spiro atoms.